The molecule has 0 radical (unpaired) electrons. The van der Waals surface area contributed by atoms with E-state index in [1.54, 1.807) is 0 Å². The molecule has 1 atom stereocenters. The molecule has 198 valence electrons. The minimum absolute atomic E-state index is 0.0649. The number of fused-ring (bicyclic) bond motifs is 3. The van der Waals surface area contributed by atoms with Crippen LogP contribution in [0.3, 0.4) is 0 Å². The molecule has 7 aromatic carbocycles. The fourth-order valence-corrected chi connectivity index (χ4v) is 6.21. The van der Waals surface area contributed by atoms with Crippen molar-refractivity contribution in [2.75, 3.05) is 5.32 Å². The third kappa shape index (κ3) is 4.25. The molecule has 42 heavy (non-hydrogen) atoms. The van der Waals surface area contributed by atoms with Gasteiger partial charge >= 0.3 is 0 Å². The first kappa shape index (κ1) is 24.3. The van der Waals surface area contributed by atoms with Crippen molar-refractivity contribution in [1.82, 2.24) is 0 Å². The molecule has 1 unspecified atom stereocenters. The second kappa shape index (κ2) is 10.2. The van der Waals surface area contributed by atoms with Gasteiger partial charge in [0.2, 0.25) is 0 Å². The fourth-order valence-electron chi connectivity index (χ4n) is 6.21. The molecule has 2 heteroatoms. The molecule has 0 fully saturated rings. The van der Waals surface area contributed by atoms with Crippen LogP contribution in [0.25, 0.3) is 43.8 Å². The standard InChI is InChI=1S/C40H28N2/c1-3-13-33-27(9-1)11-7-15-35(33)29-19-23-31(24-20-29)39-40(42-38-18-6-5-17-37(38)41-39)32-25-21-30(22-26-32)36-16-8-12-28-10-2-4-14-34(28)36/h1-26,39,41H. The molecule has 0 aromatic heterocycles. The normalized spacial score (nSPS) is 14.3. The number of aliphatic imine (C=N–C) groups is 1. The van der Waals surface area contributed by atoms with Crippen LogP contribution in [0, 0.1) is 0 Å². The predicted molar refractivity (Wildman–Crippen MR) is 178 cm³/mol. The van der Waals surface area contributed by atoms with Crippen LogP contribution in [0.5, 0.6) is 0 Å². The van der Waals surface area contributed by atoms with E-state index in [0.717, 1.165) is 22.6 Å². The van der Waals surface area contributed by atoms with Gasteiger partial charge in [-0.2, -0.15) is 0 Å². The zero-order valence-electron chi connectivity index (χ0n) is 23.0. The highest BCUT2D eigenvalue weighted by Gasteiger charge is 2.25. The molecule has 0 spiro atoms. The Hall–Kier alpha value is -5.47. The van der Waals surface area contributed by atoms with Crippen LogP contribution in [0.1, 0.15) is 17.2 Å². The van der Waals surface area contributed by atoms with Crippen molar-refractivity contribution < 1.29 is 0 Å². The highest BCUT2D eigenvalue weighted by Crippen LogP contribution is 2.38. The minimum atomic E-state index is -0.0649. The average Bonchev–Trinajstić information content (AvgIpc) is 3.07. The molecule has 0 aliphatic carbocycles. The lowest BCUT2D eigenvalue weighted by atomic mass is 9.91. The molecule has 7 aromatic rings. The molecule has 0 amide bonds. The van der Waals surface area contributed by atoms with Crippen molar-refractivity contribution in [3.63, 3.8) is 0 Å². The summed E-state index contributed by atoms with van der Waals surface area (Å²) in [5.74, 6) is 0. The predicted octanol–water partition coefficient (Wildman–Crippen LogP) is 10.6. The Balaban J connectivity index is 1.18. The quantitative estimate of drug-likeness (QED) is 0.238. The molecular formula is C40H28N2. The molecular weight excluding hydrogens is 508 g/mol. The van der Waals surface area contributed by atoms with Gasteiger partial charge in [-0.3, -0.25) is 0 Å². The van der Waals surface area contributed by atoms with E-state index in [9.17, 15) is 0 Å². The second-order valence-electron chi connectivity index (χ2n) is 10.8. The summed E-state index contributed by atoms with van der Waals surface area (Å²) in [6.07, 6.45) is 0. The number of nitrogens with one attached hydrogen (secondary N) is 1. The summed E-state index contributed by atoms with van der Waals surface area (Å²) < 4.78 is 0. The Morgan fingerprint density at radius 3 is 1.57 bits per heavy atom. The number of rotatable bonds is 4. The summed E-state index contributed by atoms with van der Waals surface area (Å²) in [5, 5.41) is 8.83. The van der Waals surface area contributed by atoms with Crippen LogP contribution >= 0.6 is 0 Å². The van der Waals surface area contributed by atoms with Crippen LogP contribution < -0.4 is 5.32 Å². The lowest BCUT2D eigenvalue weighted by molar-refractivity contribution is 1.01. The summed E-state index contributed by atoms with van der Waals surface area (Å²) in [7, 11) is 0. The van der Waals surface area contributed by atoms with E-state index in [1.807, 2.05) is 6.07 Å². The molecule has 0 saturated carbocycles. The van der Waals surface area contributed by atoms with Gasteiger partial charge in [0.05, 0.1) is 23.1 Å². The van der Waals surface area contributed by atoms with Gasteiger partial charge in [-0.15, -0.1) is 0 Å². The Morgan fingerprint density at radius 2 is 0.929 bits per heavy atom. The monoisotopic (exact) mass is 536 g/mol. The van der Waals surface area contributed by atoms with E-state index < -0.39 is 0 Å². The van der Waals surface area contributed by atoms with Gasteiger partial charge < -0.3 is 5.32 Å². The van der Waals surface area contributed by atoms with Crippen molar-refractivity contribution in [2.24, 2.45) is 4.99 Å². The van der Waals surface area contributed by atoms with Gasteiger partial charge in [0, 0.05) is 0 Å². The highest BCUT2D eigenvalue weighted by atomic mass is 15.0. The van der Waals surface area contributed by atoms with Crippen molar-refractivity contribution >= 4 is 38.6 Å². The summed E-state index contributed by atoms with van der Waals surface area (Å²) in [6, 6.07) is 56.2. The largest absolute Gasteiger partial charge is 0.371 e. The van der Waals surface area contributed by atoms with E-state index in [2.05, 4.69) is 157 Å². The maximum absolute atomic E-state index is 5.20. The van der Waals surface area contributed by atoms with Gasteiger partial charge in [0.1, 0.15) is 0 Å². The number of hydrogen-bond acceptors (Lipinski definition) is 2. The smallest absolute Gasteiger partial charge is 0.0947 e. The van der Waals surface area contributed by atoms with Gasteiger partial charge in [0.25, 0.3) is 0 Å². The average molecular weight is 537 g/mol. The molecule has 8 rings (SSSR count). The van der Waals surface area contributed by atoms with E-state index in [-0.39, 0.29) is 6.04 Å². The number of benzene rings is 7. The second-order valence-corrected chi connectivity index (χ2v) is 10.8. The molecule has 1 aliphatic rings. The molecule has 2 nitrogen and oxygen atoms in total. The zero-order chi connectivity index (χ0) is 27.9. The van der Waals surface area contributed by atoms with Crippen molar-refractivity contribution in [1.29, 1.82) is 0 Å². The van der Waals surface area contributed by atoms with Crippen LogP contribution in [0.2, 0.25) is 0 Å². The Bertz CT molecular complexity index is 2090. The van der Waals surface area contributed by atoms with Crippen LogP contribution in [0.4, 0.5) is 11.4 Å². The number of nitrogens with zero attached hydrogens (tertiary/aromatic N) is 1. The Kier molecular flexibility index (Phi) is 5.89. The van der Waals surface area contributed by atoms with E-state index >= 15 is 0 Å². The number of anilines is 1. The first-order valence-electron chi connectivity index (χ1n) is 14.4. The van der Waals surface area contributed by atoms with Crippen LogP contribution in [-0.4, -0.2) is 5.71 Å². The number of para-hydroxylation sites is 2. The summed E-state index contributed by atoms with van der Waals surface area (Å²) in [4.78, 5) is 5.20. The van der Waals surface area contributed by atoms with Gasteiger partial charge in [0.15, 0.2) is 0 Å². The van der Waals surface area contributed by atoms with Crippen LogP contribution in [0.15, 0.2) is 163 Å². The maximum Gasteiger partial charge on any atom is 0.0947 e. The number of hydrogen-bond donors (Lipinski definition) is 1. The topological polar surface area (TPSA) is 24.4 Å². The molecule has 1 heterocycles. The lowest BCUT2D eigenvalue weighted by Gasteiger charge is -2.28. The summed E-state index contributed by atoms with van der Waals surface area (Å²) in [5.41, 5.74) is 10.3. The van der Waals surface area contributed by atoms with Gasteiger partial charge in [-0.05, 0) is 67.1 Å². The van der Waals surface area contributed by atoms with Crippen molar-refractivity contribution in [2.45, 2.75) is 6.04 Å². The highest BCUT2D eigenvalue weighted by molar-refractivity contribution is 6.10. The van der Waals surface area contributed by atoms with Gasteiger partial charge in [-0.1, -0.05) is 146 Å². The van der Waals surface area contributed by atoms with E-state index in [1.165, 1.54) is 49.4 Å². The lowest BCUT2D eigenvalue weighted by Crippen LogP contribution is -2.24. The molecule has 1 N–H and O–H groups in total. The van der Waals surface area contributed by atoms with Gasteiger partial charge in [-0.25, -0.2) is 4.99 Å². The van der Waals surface area contributed by atoms with Crippen molar-refractivity contribution in [3.8, 4) is 22.3 Å². The first-order valence-corrected chi connectivity index (χ1v) is 14.4. The fraction of sp³-hybridized carbons (Fsp3) is 0.0250. The Morgan fingerprint density at radius 1 is 0.429 bits per heavy atom. The van der Waals surface area contributed by atoms with Crippen molar-refractivity contribution in [3.05, 3.63) is 169 Å². The third-order valence-corrected chi connectivity index (χ3v) is 8.34. The third-order valence-electron chi connectivity index (χ3n) is 8.34. The minimum Gasteiger partial charge on any atom is -0.371 e. The van der Waals surface area contributed by atoms with E-state index in [0.29, 0.717) is 0 Å². The zero-order valence-corrected chi connectivity index (χ0v) is 23.0. The van der Waals surface area contributed by atoms with E-state index in [4.69, 9.17) is 4.99 Å². The first-order chi connectivity index (χ1) is 20.8. The molecule has 0 saturated heterocycles. The molecule has 0 bridgehead atoms. The SMILES string of the molecule is c1ccc2c(c1)N=C(c1ccc(-c3cccc4ccccc34)cc1)C(c1ccc(-c3cccc4ccccc34)cc1)N2. The Labute approximate surface area is 245 Å². The molecule has 1 aliphatic heterocycles. The maximum atomic E-state index is 5.20. The summed E-state index contributed by atoms with van der Waals surface area (Å²) in [6.45, 7) is 0. The summed E-state index contributed by atoms with van der Waals surface area (Å²) >= 11 is 0. The van der Waals surface area contributed by atoms with Crippen LogP contribution in [-0.2, 0) is 0 Å².